The summed E-state index contributed by atoms with van der Waals surface area (Å²) in [6.07, 6.45) is -1.33. The van der Waals surface area contributed by atoms with Gasteiger partial charge in [0.25, 0.3) is 0 Å². The average Bonchev–Trinajstić information content (AvgIpc) is 3.75. The van der Waals surface area contributed by atoms with E-state index in [0.717, 1.165) is 6.92 Å². The van der Waals surface area contributed by atoms with Crippen molar-refractivity contribution in [1.29, 1.82) is 0 Å². The predicted molar refractivity (Wildman–Crippen MR) is 190 cm³/mol. The Kier molecular flexibility index (Phi) is 9.96. The van der Waals surface area contributed by atoms with Gasteiger partial charge >= 0.3 is 35.8 Å². The van der Waals surface area contributed by atoms with E-state index >= 15 is 0 Å². The summed E-state index contributed by atoms with van der Waals surface area (Å²) in [6, 6.07) is 1.66. The number of rotatable bonds is 10. The first kappa shape index (κ1) is 40.2. The van der Waals surface area contributed by atoms with Crippen LogP contribution in [0.15, 0.2) is 45.8 Å². The van der Waals surface area contributed by atoms with Crippen LogP contribution in [-0.4, -0.2) is 77.5 Å². The number of aliphatic hydroxyl groups excluding tert-OH is 1. The minimum absolute atomic E-state index is 0.0747. The number of allylic oxidation sites excluding steroid dienone is 1. The van der Waals surface area contributed by atoms with Crippen molar-refractivity contribution in [3.63, 3.8) is 0 Å². The monoisotopic (exact) mass is 768 g/mol. The van der Waals surface area contributed by atoms with Gasteiger partial charge in [0.15, 0.2) is 23.9 Å². The van der Waals surface area contributed by atoms with Crippen LogP contribution in [0.4, 0.5) is 0 Å². The maximum Gasteiger partial charge on any atom is 0.339 e. The standard InChI is InChI=1S/C41H52O14/c1-11-21(4)34(47)53-36-38(8)19-40(54-22(5)42)39(9,26(38)17-27(44)49-10)25-12-14-37(7)30(31(46)35(48)52-32(37)24-13-15-50-18-24)29(25)33(41(36,40)55-23(6)43)51-28(45)16-20(2)3/h11,13,15,18,20,25-26,31-33,36,46H,12,14,16-17,19H2,1-10H3/b21-11+/t25?,26-,31+,32-,33-,36-,37+,38+,39-,40-,41-/m0/s1. The van der Waals surface area contributed by atoms with Gasteiger partial charge in [0.1, 0.15) is 6.10 Å². The summed E-state index contributed by atoms with van der Waals surface area (Å²) in [6.45, 7) is 14.6. The number of hydrogen-bond acceptors (Lipinski definition) is 14. The number of fused-ring (bicyclic) bond motifs is 4. The van der Waals surface area contributed by atoms with Crippen LogP contribution in [-0.2, 0) is 57.2 Å². The number of aliphatic hydroxyl groups is 1. The summed E-state index contributed by atoms with van der Waals surface area (Å²) >= 11 is 0. The Morgan fingerprint density at radius 2 is 1.69 bits per heavy atom. The van der Waals surface area contributed by atoms with Crippen LogP contribution < -0.4 is 0 Å². The van der Waals surface area contributed by atoms with Crippen molar-refractivity contribution in [3.8, 4) is 0 Å². The minimum Gasteiger partial charge on any atom is -0.472 e. The van der Waals surface area contributed by atoms with E-state index < -0.39 is 99.5 Å². The summed E-state index contributed by atoms with van der Waals surface area (Å²) in [4.78, 5) is 82.6. The first-order chi connectivity index (χ1) is 25.7. The van der Waals surface area contributed by atoms with E-state index in [1.54, 1.807) is 32.9 Å². The van der Waals surface area contributed by atoms with Crippen LogP contribution in [0.5, 0.6) is 0 Å². The molecule has 11 atom stereocenters. The molecule has 4 aliphatic carbocycles. The van der Waals surface area contributed by atoms with Gasteiger partial charge in [0.05, 0.1) is 19.6 Å². The van der Waals surface area contributed by atoms with Gasteiger partial charge in [-0.3, -0.25) is 19.2 Å². The molecule has 1 aliphatic heterocycles. The molecule has 6 rings (SSSR count). The van der Waals surface area contributed by atoms with E-state index in [4.69, 9.17) is 32.8 Å². The zero-order valence-electron chi connectivity index (χ0n) is 33.1. The molecule has 1 aromatic heterocycles. The fourth-order valence-electron chi connectivity index (χ4n) is 11.5. The Morgan fingerprint density at radius 1 is 1.02 bits per heavy atom. The minimum atomic E-state index is -2.29. The average molecular weight is 769 g/mol. The van der Waals surface area contributed by atoms with Crippen molar-refractivity contribution >= 4 is 35.8 Å². The summed E-state index contributed by atoms with van der Waals surface area (Å²) in [5.41, 5.74) is -6.78. The third-order valence-corrected chi connectivity index (χ3v) is 13.5. The lowest BCUT2D eigenvalue weighted by Gasteiger charge is -2.69. The number of hydrogen-bond donors (Lipinski definition) is 1. The highest BCUT2D eigenvalue weighted by Crippen LogP contribution is 2.82. The molecule has 1 unspecified atom stereocenters. The molecule has 0 aromatic carbocycles. The predicted octanol–water partition coefficient (Wildman–Crippen LogP) is 5.01. The molecule has 5 aliphatic rings. The van der Waals surface area contributed by atoms with E-state index in [-0.39, 0.29) is 41.9 Å². The van der Waals surface area contributed by atoms with Gasteiger partial charge in [0, 0.05) is 60.5 Å². The summed E-state index contributed by atoms with van der Waals surface area (Å²) in [5.74, 6) is -6.41. The van der Waals surface area contributed by atoms with Crippen LogP contribution in [0.2, 0.25) is 0 Å². The number of methoxy groups -OCH3 is 1. The van der Waals surface area contributed by atoms with Crippen molar-refractivity contribution in [2.45, 2.75) is 130 Å². The second-order valence-electron chi connectivity index (χ2n) is 17.0. The lowest BCUT2D eigenvalue weighted by Crippen LogP contribution is -2.82. The van der Waals surface area contributed by atoms with Crippen LogP contribution in [0.3, 0.4) is 0 Å². The number of carbonyl (C=O) groups is 6. The second kappa shape index (κ2) is 13.6. The van der Waals surface area contributed by atoms with E-state index in [9.17, 15) is 33.9 Å². The molecule has 1 saturated heterocycles. The van der Waals surface area contributed by atoms with Crippen LogP contribution in [0, 0.1) is 34.0 Å². The number of ether oxygens (including phenoxy) is 6. The van der Waals surface area contributed by atoms with Crippen molar-refractivity contribution in [2.24, 2.45) is 34.0 Å². The normalized spacial score (nSPS) is 38.8. The molecule has 0 spiro atoms. The molecule has 1 N–H and O–H groups in total. The van der Waals surface area contributed by atoms with E-state index in [1.165, 1.54) is 26.6 Å². The van der Waals surface area contributed by atoms with E-state index in [1.807, 2.05) is 27.7 Å². The Labute approximate surface area is 320 Å². The number of carbonyl (C=O) groups excluding carboxylic acids is 6. The molecule has 55 heavy (non-hydrogen) atoms. The van der Waals surface area contributed by atoms with Crippen molar-refractivity contribution in [2.75, 3.05) is 7.11 Å². The molecule has 0 amide bonds. The summed E-state index contributed by atoms with van der Waals surface area (Å²) in [7, 11) is 1.25. The van der Waals surface area contributed by atoms with Gasteiger partial charge < -0.3 is 37.9 Å². The summed E-state index contributed by atoms with van der Waals surface area (Å²) < 4.78 is 42.6. The van der Waals surface area contributed by atoms with Gasteiger partial charge in [0.2, 0.25) is 5.60 Å². The largest absolute Gasteiger partial charge is 0.472 e. The smallest absolute Gasteiger partial charge is 0.339 e. The molecule has 0 radical (unpaired) electrons. The van der Waals surface area contributed by atoms with Gasteiger partial charge in [-0.2, -0.15) is 0 Å². The van der Waals surface area contributed by atoms with Gasteiger partial charge in [-0.15, -0.1) is 0 Å². The number of cyclic esters (lactones) is 1. The lowest BCUT2D eigenvalue weighted by atomic mass is 9.40. The number of esters is 6. The summed E-state index contributed by atoms with van der Waals surface area (Å²) in [5, 5.41) is 12.0. The molecule has 300 valence electrons. The fourth-order valence-corrected chi connectivity index (χ4v) is 11.5. The Bertz CT molecular complexity index is 1860. The van der Waals surface area contributed by atoms with E-state index in [0.29, 0.717) is 18.4 Å². The molecular weight excluding hydrogens is 716 g/mol. The van der Waals surface area contributed by atoms with Gasteiger partial charge in [-0.25, -0.2) is 9.59 Å². The molecule has 1 aromatic rings. The molecule has 2 bridgehead atoms. The molecular formula is C41H52O14. The molecule has 3 saturated carbocycles. The fraction of sp³-hybridized carbons (Fsp3) is 0.659. The Balaban J connectivity index is 1.80. The van der Waals surface area contributed by atoms with Crippen LogP contribution in [0.25, 0.3) is 0 Å². The lowest BCUT2D eigenvalue weighted by molar-refractivity contribution is -0.322. The first-order valence-electron chi connectivity index (χ1n) is 18.8. The van der Waals surface area contributed by atoms with Gasteiger partial charge in [-0.1, -0.05) is 40.7 Å². The molecule has 2 heterocycles. The topological polar surface area (TPSA) is 191 Å². The second-order valence-corrected chi connectivity index (χ2v) is 17.0. The third-order valence-electron chi connectivity index (χ3n) is 13.5. The highest BCUT2D eigenvalue weighted by molar-refractivity contribution is 5.88. The van der Waals surface area contributed by atoms with Crippen LogP contribution in [0.1, 0.15) is 106 Å². The maximum atomic E-state index is 14.1. The Morgan fingerprint density at radius 3 is 2.25 bits per heavy atom. The molecule has 14 nitrogen and oxygen atoms in total. The Hall–Kier alpha value is -4.46. The van der Waals surface area contributed by atoms with Crippen molar-refractivity contribution in [3.05, 3.63) is 47.0 Å². The molecule has 14 heteroatoms. The first-order valence-corrected chi connectivity index (χ1v) is 18.8. The highest BCUT2D eigenvalue weighted by atomic mass is 16.7. The van der Waals surface area contributed by atoms with Gasteiger partial charge in [-0.05, 0) is 61.7 Å². The highest BCUT2D eigenvalue weighted by Gasteiger charge is 2.94. The van der Waals surface area contributed by atoms with E-state index in [2.05, 4.69) is 0 Å². The van der Waals surface area contributed by atoms with Crippen molar-refractivity contribution < 1.29 is 66.7 Å². The quantitative estimate of drug-likeness (QED) is 0.145. The third kappa shape index (κ3) is 5.51. The van der Waals surface area contributed by atoms with Crippen molar-refractivity contribution in [1.82, 2.24) is 0 Å². The zero-order chi connectivity index (χ0) is 40.6. The zero-order valence-corrected chi connectivity index (χ0v) is 33.1. The number of furan rings is 1. The van der Waals surface area contributed by atoms with Crippen LogP contribution >= 0.6 is 0 Å². The maximum absolute atomic E-state index is 14.1. The molecule has 4 fully saturated rings. The SMILES string of the molecule is C/C=C(\C)C(=O)O[C@H]1[C@]2(C)C[C@@]3(OC(C)=O)[C@]1(OC(C)=O)[C@@H](OC(=O)CC(C)C)C1=C4[C@@H](O)C(=O)O[C@@H](c5ccoc5)[C@]4(C)CCC1[C@@]3(C)[C@H]2CC(=O)OC.